The number of rotatable bonds is 4. The molecule has 0 aliphatic carbocycles. The Balaban J connectivity index is 0.000000370. The van der Waals surface area contributed by atoms with E-state index in [2.05, 4.69) is 22.5 Å². The molecule has 10 heteroatoms. The Morgan fingerprint density at radius 2 is 2.03 bits per heavy atom. The van der Waals surface area contributed by atoms with Crippen LogP contribution in [0.15, 0.2) is 47.8 Å². The molecule has 29 heavy (non-hydrogen) atoms. The van der Waals surface area contributed by atoms with Crippen molar-refractivity contribution in [2.45, 2.75) is 19.1 Å². The number of carboxylic acid groups (broad SMARTS) is 1. The molecule has 0 saturated carbocycles. The lowest BCUT2D eigenvalue weighted by Crippen LogP contribution is -2.36. The third kappa shape index (κ3) is 6.60. The number of aromatic nitrogens is 1. The van der Waals surface area contributed by atoms with Gasteiger partial charge in [-0.3, -0.25) is 4.79 Å². The summed E-state index contributed by atoms with van der Waals surface area (Å²) >= 11 is 1.63. The number of nitrogens with zero attached hydrogens (tertiary/aromatic N) is 3. The second kappa shape index (κ2) is 10.1. The van der Waals surface area contributed by atoms with Crippen molar-refractivity contribution in [2.75, 3.05) is 24.5 Å². The number of hydrogen-bond acceptors (Lipinski definition) is 5. The van der Waals surface area contributed by atoms with E-state index in [9.17, 15) is 18.0 Å². The standard InChI is InChI=1S/C17H19N3OS.C2HF3O2/c1-2-7-19-8-9-20(12-15-4-3-6-18-17(15)19)16(21)11-14-5-10-22-13-14;3-2(4,5)1(6)7/h2-6,10,13H,1,7-9,11-12H2;(H,6,7). The van der Waals surface area contributed by atoms with Crippen LogP contribution in [0, 0.1) is 0 Å². The van der Waals surface area contributed by atoms with Gasteiger partial charge in [0.25, 0.3) is 0 Å². The zero-order chi connectivity index (χ0) is 21.4. The fraction of sp³-hybridized carbons (Fsp3) is 0.316. The number of pyridine rings is 1. The van der Waals surface area contributed by atoms with Crippen LogP contribution in [-0.2, 0) is 22.6 Å². The highest BCUT2D eigenvalue weighted by atomic mass is 32.1. The molecule has 3 rings (SSSR count). The molecule has 2 aromatic heterocycles. The Labute approximate surface area is 169 Å². The molecule has 0 atom stereocenters. The molecule has 0 radical (unpaired) electrons. The maximum Gasteiger partial charge on any atom is 0.490 e. The molecule has 0 unspecified atom stereocenters. The van der Waals surface area contributed by atoms with Crippen molar-refractivity contribution >= 4 is 29.0 Å². The summed E-state index contributed by atoms with van der Waals surface area (Å²) in [6.07, 6.45) is -0.931. The molecule has 1 aliphatic heterocycles. The minimum absolute atomic E-state index is 0.175. The first-order valence-corrected chi connectivity index (χ1v) is 9.55. The summed E-state index contributed by atoms with van der Waals surface area (Å²) in [6.45, 7) is 6.68. The van der Waals surface area contributed by atoms with Gasteiger partial charge in [0, 0.05) is 37.9 Å². The number of fused-ring (bicyclic) bond motifs is 1. The quantitative estimate of drug-likeness (QED) is 0.758. The van der Waals surface area contributed by atoms with Crippen LogP contribution in [0.1, 0.15) is 11.1 Å². The van der Waals surface area contributed by atoms with Gasteiger partial charge < -0.3 is 14.9 Å². The van der Waals surface area contributed by atoms with Gasteiger partial charge >= 0.3 is 12.1 Å². The van der Waals surface area contributed by atoms with E-state index in [1.165, 1.54) is 0 Å². The van der Waals surface area contributed by atoms with Gasteiger partial charge in [0.15, 0.2) is 0 Å². The molecular weight excluding hydrogens is 407 g/mol. The second-order valence-corrected chi connectivity index (χ2v) is 6.93. The van der Waals surface area contributed by atoms with Crippen molar-refractivity contribution in [1.82, 2.24) is 9.88 Å². The molecule has 0 fully saturated rings. The van der Waals surface area contributed by atoms with Crippen LogP contribution in [0.4, 0.5) is 19.0 Å². The molecule has 0 bridgehead atoms. The van der Waals surface area contributed by atoms with Crippen LogP contribution >= 0.6 is 11.3 Å². The first-order valence-electron chi connectivity index (χ1n) is 8.61. The topological polar surface area (TPSA) is 73.7 Å². The van der Waals surface area contributed by atoms with Crippen molar-refractivity contribution < 1.29 is 27.9 Å². The van der Waals surface area contributed by atoms with Gasteiger partial charge in [-0.25, -0.2) is 9.78 Å². The summed E-state index contributed by atoms with van der Waals surface area (Å²) < 4.78 is 31.7. The van der Waals surface area contributed by atoms with E-state index < -0.39 is 12.1 Å². The van der Waals surface area contributed by atoms with E-state index in [0.29, 0.717) is 19.5 Å². The van der Waals surface area contributed by atoms with Crippen molar-refractivity contribution in [3.05, 3.63) is 58.9 Å². The zero-order valence-electron chi connectivity index (χ0n) is 15.4. The van der Waals surface area contributed by atoms with Crippen LogP contribution in [0.25, 0.3) is 0 Å². The molecule has 1 aliphatic rings. The van der Waals surface area contributed by atoms with E-state index in [-0.39, 0.29) is 5.91 Å². The molecule has 6 nitrogen and oxygen atoms in total. The molecule has 3 heterocycles. The van der Waals surface area contributed by atoms with E-state index in [0.717, 1.165) is 30.0 Å². The van der Waals surface area contributed by atoms with Gasteiger partial charge in [0.05, 0.1) is 6.42 Å². The Bertz CT molecular complexity index is 841. The van der Waals surface area contributed by atoms with Crippen LogP contribution < -0.4 is 4.90 Å². The lowest BCUT2D eigenvalue weighted by molar-refractivity contribution is -0.192. The largest absolute Gasteiger partial charge is 0.490 e. The number of anilines is 1. The van der Waals surface area contributed by atoms with Crippen LogP contribution in [-0.4, -0.2) is 52.7 Å². The van der Waals surface area contributed by atoms with Gasteiger partial charge in [0.2, 0.25) is 5.91 Å². The normalized spacial score (nSPS) is 13.6. The number of carbonyl (C=O) groups excluding carboxylic acids is 1. The predicted octanol–water partition coefficient (Wildman–Crippen LogP) is 3.35. The third-order valence-electron chi connectivity index (χ3n) is 4.05. The fourth-order valence-electron chi connectivity index (χ4n) is 2.70. The molecule has 0 aromatic carbocycles. The Kier molecular flexibility index (Phi) is 7.77. The minimum atomic E-state index is -5.08. The molecule has 1 N–H and O–H groups in total. The predicted molar refractivity (Wildman–Crippen MR) is 104 cm³/mol. The van der Waals surface area contributed by atoms with Crippen molar-refractivity contribution in [2.24, 2.45) is 0 Å². The number of amides is 1. The fourth-order valence-corrected chi connectivity index (χ4v) is 3.37. The van der Waals surface area contributed by atoms with E-state index in [1.54, 1.807) is 17.5 Å². The summed E-state index contributed by atoms with van der Waals surface area (Å²) in [5, 5.41) is 11.2. The molecule has 0 spiro atoms. The first kappa shape index (κ1) is 22.4. The number of halogens is 3. The van der Waals surface area contributed by atoms with Crippen LogP contribution in [0.3, 0.4) is 0 Å². The molecule has 2 aromatic rings. The number of alkyl halides is 3. The van der Waals surface area contributed by atoms with Crippen molar-refractivity contribution in [3.8, 4) is 0 Å². The highest BCUT2D eigenvalue weighted by molar-refractivity contribution is 7.08. The van der Waals surface area contributed by atoms with E-state index in [1.807, 2.05) is 33.9 Å². The second-order valence-electron chi connectivity index (χ2n) is 6.15. The number of hydrogen-bond donors (Lipinski definition) is 1. The van der Waals surface area contributed by atoms with Gasteiger partial charge in [0.1, 0.15) is 5.82 Å². The van der Waals surface area contributed by atoms with Gasteiger partial charge in [-0.1, -0.05) is 12.1 Å². The molecule has 156 valence electrons. The number of thiophene rings is 1. The van der Waals surface area contributed by atoms with Crippen molar-refractivity contribution in [1.29, 1.82) is 0 Å². The summed E-state index contributed by atoms with van der Waals surface area (Å²) in [5.41, 5.74) is 2.19. The van der Waals surface area contributed by atoms with Gasteiger partial charge in [-0.15, -0.1) is 6.58 Å². The number of carbonyl (C=O) groups is 2. The van der Waals surface area contributed by atoms with E-state index in [4.69, 9.17) is 9.90 Å². The van der Waals surface area contributed by atoms with Crippen LogP contribution in [0.2, 0.25) is 0 Å². The highest BCUT2D eigenvalue weighted by Gasteiger charge is 2.38. The summed E-state index contributed by atoms with van der Waals surface area (Å²) in [5.74, 6) is -1.62. The van der Waals surface area contributed by atoms with E-state index >= 15 is 0 Å². The maximum atomic E-state index is 12.6. The molecule has 0 saturated heterocycles. The Morgan fingerprint density at radius 1 is 1.31 bits per heavy atom. The monoisotopic (exact) mass is 427 g/mol. The summed E-state index contributed by atoms with van der Waals surface area (Å²) in [6, 6.07) is 5.99. The lowest BCUT2D eigenvalue weighted by Gasteiger charge is -2.22. The maximum absolute atomic E-state index is 12.6. The van der Waals surface area contributed by atoms with Crippen LogP contribution in [0.5, 0.6) is 0 Å². The highest BCUT2D eigenvalue weighted by Crippen LogP contribution is 2.23. The Morgan fingerprint density at radius 3 is 2.62 bits per heavy atom. The summed E-state index contributed by atoms with van der Waals surface area (Å²) in [7, 11) is 0. The minimum Gasteiger partial charge on any atom is -0.475 e. The average Bonchev–Trinajstić information content (AvgIpc) is 3.09. The number of carboxylic acids is 1. The van der Waals surface area contributed by atoms with Gasteiger partial charge in [-0.05, 0) is 28.5 Å². The average molecular weight is 427 g/mol. The summed E-state index contributed by atoms with van der Waals surface area (Å²) in [4.78, 5) is 30.1. The smallest absolute Gasteiger partial charge is 0.475 e. The third-order valence-corrected chi connectivity index (χ3v) is 4.78. The van der Waals surface area contributed by atoms with Gasteiger partial charge in [-0.2, -0.15) is 24.5 Å². The zero-order valence-corrected chi connectivity index (χ0v) is 16.2. The van der Waals surface area contributed by atoms with Crippen molar-refractivity contribution in [3.63, 3.8) is 0 Å². The number of aliphatic carboxylic acids is 1. The molecule has 1 amide bonds. The lowest BCUT2D eigenvalue weighted by atomic mass is 10.2. The first-order chi connectivity index (χ1) is 13.7. The SMILES string of the molecule is C=CCN1CCN(C(=O)Cc2ccsc2)Cc2cccnc21.O=C(O)C(F)(F)F. The molecular formula is C19H20F3N3O3S. The Hall–Kier alpha value is -2.88.